The van der Waals surface area contributed by atoms with Crippen LogP contribution in [0.4, 0.5) is 0 Å². The number of amides is 1. The van der Waals surface area contributed by atoms with Crippen LogP contribution < -0.4 is 5.32 Å². The molecule has 0 aliphatic carbocycles. The van der Waals surface area contributed by atoms with E-state index in [0.29, 0.717) is 17.9 Å². The van der Waals surface area contributed by atoms with E-state index in [2.05, 4.69) is 43.6 Å². The van der Waals surface area contributed by atoms with Crippen molar-refractivity contribution in [2.45, 2.75) is 19.3 Å². The monoisotopic (exact) mass is 410 g/mol. The highest BCUT2D eigenvalue weighted by atomic mass is 16.1. The highest BCUT2D eigenvalue weighted by molar-refractivity contribution is 5.92. The van der Waals surface area contributed by atoms with Gasteiger partial charge in [0.05, 0.1) is 12.4 Å². The molecule has 3 heterocycles. The van der Waals surface area contributed by atoms with E-state index in [4.69, 9.17) is 0 Å². The fraction of sp³-hybridized carbons (Fsp3) is 0.167. The summed E-state index contributed by atoms with van der Waals surface area (Å²) in [6.45, 7) is 0.530. The van der Waals surface area contributed by atoms with Crippen LogP contribution in [0.2, 0.25) is 0 Å². The number of H-pyrrole nitrogens is 1. The number of benzene rings is 2. The second-order valence-electron chi connectivity index (χ2n) is 7.45. The minimum absolute atomic E-state index is 0.212. The molecule has 0 saturated carbocycles. The van der Waals surface area contributed by atoms with E-state index in [1.807, 2.05) is 42.6 Å². The number of carbonyl (C=O) groups is 1. The van der Waals surface area contributed by atoms with Crippen molar-refractivity contribution in [3.63, 3.8) is 0 Å². The first kappa shape index (κ1) is 19.0. The lowest BCUT2D eigenvalue weighted by molar-refractivity contribution is 0.0949. The Bertz CT molecular complexity index is 1340. The van der Waals surface area contributed by atoms with Gasteiger partial charge in [-0.3, -0.25) is 4.79 Å². The predicted octanol–water partition coefficient (Wildman–Crippen LogP) is 3.36. The molecule has 0 radical (unpaired) electrons. The van der Waals surface area contributed by atoms with Crippen LogP contribution in [0.1, 0.15) is 27.4 Å². The number of carbonyl (C=O) groups excluding carboxylic acids is 1. The van der Waals surface area contributed by atoms with Crippen LogP contribution in [-0.4, -0.2) is 37.0 Å². The maximum absolute atomic E-state index is 12.6. The number of rotatable bonds is 7. The Balaban J connectivity index is 1.21. The van der Waals surface area contributed by atoms with Gasteiger partial charge in [-0.2, -0.15) is 5.10 Å². The number of imidazole rings is 1. The van der Waals surface area contributed by atoms with E-state index in [1.54, 1.807) is 16.9 Å². The lowest BCUT2D eigenvalue weighted by atomic mass is 10.1. The summed E-state index contributed by atoms with van der Waals surface area (Å²) in [4.78, 5) is 24.6. The van der Waals surface area contributed by atoms with Crippen LogP contribution in [0.25, 0.3) is 16.6 Å². The smallest absolute Gasteiger partial charge is 0.271 e. The number of hydrogen-bond acceptors (Lipinski definition) is 4. The molecule has 2 N–H and O–H groups in total. The average Bonchev–Trinajstić information content (AvgIpc) is 3.42. The lowest BCUT2D eigenvalue weighted by Crippen LogP contribution is -2.25. The third-order valence-corrected chi connectivity index (χ3v) is 5.33. The van der Waals surface area contributed by atoms with Crippen molar-refractivity contribution in [2.24, 2.45) is 0 Å². The molecule has 5 rings (SSSR count). The molecule has 154 valence electrons. The number of aromatic amines is 1. The van der Waals surface area contributed by atoms with Crippen LogP contribution in [0, 0.1) is 0 Å². The van der Waals surface area contributed by atoms with E-state index in [0.717, 1.165) is 30.6 Å². The highest BCUT2D eigenvalue weighted by Crippen LogP contribution is 2.17. The van der Waals surface area contributed by atoms with Gasteiger partial charge in [0.15, 0.2) is 5.65 Å². The van der Waals surface area contributed by atoms with Crippen molar-refractivity contribution >= 4 is 22.5 Å². The van der Waals surface area contributed by atoms with E-state index in [1.165, 1.54) is 16.5 Å². The van der Waals surface area contributed by atoms with E-state index in [9.17, 15) is 4.79 Å². The van der Waals surface area contributed by atoms with E-state index >= 15 is 0 Å². The van der Waals surface area contributed by atoms with Crippen molar-refractivity contribution in [1.29, 1.82) is 0 Å². The first-order valence-corrected chi connectivity index (χ1v) is 10.3. The molecule has 0 saturated heterocycles. The quantitative estimate of drug-likeness (QED) is 0.431. The zero-order valence-electron chi connectivity index (χ0n) is 17.0. The topological polar surface area (TPSA) is 88.0 Å². The second-order valence-corrected chi connectivity index (χ2v) is 7.45. The van der Waals surface area contributed by atoms with E-state index in [-0.39, 0.29) is 5.91 Å². The predicted molar refractivity (Wildman–Crippen MR) is 119 cm³/mol. The first-order chi connectivity index (χ1) is 15.3. The Labute approximate surface area is 179 Å². The average molecular weight is 410 g/mol. The summed E-state index contributed by atoms with van der Waals surface area (Å²) >= 11 is 0. The van der Waals surface area contributed by atoms with Gasteiger partial charge in [-0.05, 0) is 30.0 Å². The van der Waals surface area contributed by atoms with Gasteiger partial charge in [-0.15, -0.1) is 0 Å². The molecule has 5 aromatic rings. The number of nitrogens with one attached hydrogen (secondary N) is 2. The zero-order chi connectivity index (χ0) is 21.0. The molecule has 7 nitrogen and oxygen atoms in total. The molecular formula is C24H22N6O. The van der Waals surface area contributed by atoms with Gasteiger partial charge in [-0.25, -0.2) is 14.5 Å². The summed E-state index contributed by atoms with van der Waals surface area (Å²) in [6.07, 6.45) is 7.65. The summed E-state index contributed by atoms with van der Waals surface area (Å²) in [7, 11) is 0. The number of aryl methyl sites for hydroxylation is 2. The van der Waals surface area contributed by atoms with Crippen LogP contribution in [-0.2, 0) is 19.3 Å². The Morgan fingerprint density at radius 3 is 2.74 bits per heavy atom. The third-order valence-electron chi connectivity index (χ3n) is 5.33. The van der Waals surface area contributed by atoms with Crippen LogP contribution in [0.5, 0.6) is 0 Å². The third kappa shape index (κ3) is 4.16. The Kier molecular flexibility index (Phi) is 5.14. The standard InChI is InChI=1S/C24H22N6O/c31-24(25-13-12-18-14-26-20-9-5-4-8-19(18)20)21-16-30-23(28-21)15-27-22(29-30)11-10-17-6-2-1-3-7-17/h1-9,14-16,26H,10-13H2,(H,25,31). The molecule has 0 unspecified atom stereocenters. The second kappa shape index (κ2) is 8.39. The van der Waals surface area contributed by atoms with Crippen molar-refractivity contribution < 1.29 is 4.79 Å². The van der Waals surface area contributed by atoms with Gasteiger partial charge in [0.25, 0.3) is 5.91 Å². The van der Waals surface area contributed by atoms with Gasteiger partial charge in [0, 0.05) is 30.1 Å². The fourth-order valence-electron chi connectivity index (χ4n) is 3.70. The largest absolute Gasteiger partial charge is 0.361 e. The van der Waals surface area contributed by atoms with Crippen molar-refractivity contribution in [3.05, 3.63) is 95.8 Å². The maximum atomic E-state index is 12.6. The minimum atomic E-state index is -0.212. The minimum Gasteiger partial charge on any atom is -0.361 e. The van der Waals surface area contributed by atoms with Crippen LogP contribution in [0.3, 0.4) is 0 Å². The van der Waals surface area contributed by atoms with Gasteiger partial charge < -0.3 is 10.3 Å². The molecule has 0 atom stereocenters. The van der Waals surface area contributed by atoms with Gasteiger partial charge in [0.1, 0.15) is 11.5 Å². The maximum Gasteiger partial charge on any atom is 0.271 e. The summed E-state index contributed by atoms with van der Waals surface area (Å²) in [5, 5.41) is 8.64. The molecule has 31 heavy (non-hydrogen) atoms. The molecule has 0 spiro atoms. The number of hydrogen-bond donors (Lipinski definition) is 2. The molecule has 0 aliphatic heterocycles. The molecule has 3 aromatic heterocycles. The molecular weight excluding hydrogens is 388 g/mol. The first-order valence-electron chi connectivity index (χ1n) is 10.3. The van der Waals surface area contributed by atoms with Crippen molar-refractivity contribution in [3.8, 4) is 0 Å². The molecule has 1 amide bonds. The summed E-state index contributed by atoms with van der Waals surface area (Å²) in [6, 6.07) is 18.4. The van der Waals surface area contributed by atoms with Crippen LogP contribution in [0.15, 0.2) is 73.2 Å². The summed E-state index contributed by atoms with van der Waals surface area (Å²) in [5.41, 5.74) is 4.43. The summed E-state index contributed by atoms with van der Waals surface area (Å²) < 4.78 is 1.63. The van der Waals surface area contributed by atoms with E-state index < -0.39 is 0 Å². The number of aromatic nitrogens is 5. The number of para-hydroxylation sites is 1. The number of nitrogens with zero attached hydrogens (tertiary/aromatic N) is 4. The van der Waals surface area contributed by atoms with Gasteiger partial charge in [-0.1, -0.05) is 48.5 Å². The zero-order valence-corrected chi connectivity index (χ0v) is 17.0. The SMILES string of the molecule is O=C(NCCc1c[nH]c2ccccc12)c1cn2nc(CCc3ccccc3)ncc2n1. The van der Waals surface area contributed by atoms with Crippen molar-refractivity contribution in [2.75, 3.05) is 6.54 Å². The van der Waals surface area contributed by atoms with Crippen LogP contribution >= 0.6 is 0 Å². The van der Waals surface area contributed by atoms with Gasteiger partial charge in [0.2, 0.25) is 0 Å². The van der Waals surface area contributed by atoms with Crippen molar-refractivity contribution in [1.82, 2.24) is 29.9 Å². The molecule has 0 bridgehead atoms. The Hall–Kier alpha value is -4.00. The number of fused-ring (bicyclic) bond motifs is 2. The summed E-state index contributed by atoms with van der Waals surface area (Å²) in [5.74, 6) is 0.510. The molecule has 2 aromatic carbocycles. The Morgan fingerprint density at radius 2 is 1.84 bits per heavy atom. The molecule has 7 heteroatoms. The molecule has 0 fully saturated rings. The normalized spacial score (nSPS) is 11.2. The lowest BCUT2D eigenvalue weighted by Gasteiger charge is -2.02. The Morgan fingerprint density at radius 1 is 1.00 bits per heavy atom. The fourth-order valence-corrected chi connectivity index (χ4v) is 3.70. The molecule has 0 aliphatic rings. The highest BCUT2D eigenvalue weighted by Gasteiger charge is 2.12. The van der Waals surface area contributed by atoms with Gasteiger partial charge >= 0.3 is 0 Å².